The van der Waals surface area contributed by atoms with Crippen LogP contribution in [0.25, 0.3) is 0 Å². The van der Waals surface area contributed by atoms with Crippen molar-refractivity contribution in [3.63, 3.8) is 0 Å². The fraction of sp³-hybridized carbons (Fsp3) is 0. The van der Waals surface area contributed by atoms with E-state index in [0.29, 0.717) is 0 Å². The monoisotopic (exact) mass is 181 g/mol. The number of phenolic OH excluding ortho intramolecular Hbond substituents is 1. The summed E-state index contributed by atoms with van der Waals surface area (Å²) in [6.07, 6.45) is 0. The number of nitro groups is 1. The average Bonchev–Trinajstić information content (AvgIpc) is 2.03. The molecule has 0 saturated carbocycles. The predicted octanol–water partition coefficient (Wildman–Crippen LogP) is 0.584. The van der Waals surface area contributed by atoms with E-state index in [1.165, 1.54) is 6.07 Å². The van der Waals surface area contributed by atoms with Gasteiger partial charge in [0.15, 0.2) is 0 Å². The Kier molecular flexibility index (Phi) is 2.14. The fourth-order valence-corrected chi connectivity index (χ4v) is 0.899. The van der Waals surface area contributed by atoms with Crippen molar-refractivity contribution in [3.05, 3.63) is 33.9 Å². The molecule has 6 nitrogen and oxygen atoms in total. The van der Waals surface area contributed by atoms with Crippen LogP contribution >= 0.6 is 0 Å². The molecule has 13 heavy (non-hydrogen) atoms. The zero-order valence-electron chi connectivity index (χ0n) is 6.52. The molecular formula is C7H7N3O3. The van der Waals surface area contributed by atoms with Gasteiger partial charge in [0.25, 0.3) is 5.69 Å². The molecule has 4 N–H and O–H groups in total. The Morgan fingerprint density at radius 3 is 2.69 bits per heavy atom. The van der Waals surface area contributed by atoms with Gasteiger partial charge in [-0.3, -0.25) is 15.5 Å². The molecule has 0 unspecified atom stereocenters. The van der Waals surface area contributed by atoms with Crippen LogP contribution in [-0.2, 0) is 0 Å². The molecule has 0 aliphatic rings. The van der Waals surface area contributed by atoms with Gasteiger partial charge in [-0.05, 0) is 12.1 Å². The number of rotatable bonds is 2. The number of benzene rings is 1. The maximum absolute atomic E-state index is 10.4. The quantitative estimate of drug-likeness (QED) is 0.268. The number of nitrogens with zero attached hydrogens (tertiary/aromatic N) is 1. The van der Waals surface area contributed by atoms with Crippen LogP contribution in [0, 0.1) is 15.5 Å². The SMILES string of the molecule is N=C(N)c1cc(O)ccc1[N+](=O)[O-]. The Labute approximate surface area is 73.3 Å². The van der Waals surface area contributed by atoms with Crippen LogP contribution in [0.5, 0.6) is 5.75 Å². The number of aromatic hydroxyl groups is 1. The molecule has 0 fully saturated rings. The molecule has 0 heterocycles. The summed E-state index contributed by atoms with van der Waals surface area (Å²) in [4.78, 5) is 9.75. The molecule has 0 aliphatic carbocycles. The number of nitrogen functional groups attached to an aromatic ring is 1. The lowest BCUT2D eigenvalue weighted by Crippen LogP contribution is -2.13. The first-order valence-electron chi connectivity index (χ1n) is 3.34. The molecule has 0 aliphatic heterocycles. The normalized spacial score (nSPS) is 9.54. The van der Waals surface area contributed by atoms with Crippen LogP contribution in [0.3, 0.4) is 0 Å². The number of hydrogen-bond acceptors (Lipinski definition) is 4. The van der Waals surface area contributed by atoms with Crippen molar-refractivity contribution in [1.82, 2.24) is 0 Å². The molecular weight excluding hydrogens is 174 g/mol. The topological polar surface area (TPSA) is 113 Å². The second-order valence-corrected chi connectivity index (χ2v) is 2.37. The van der Waals surface area contributed by atoms with Crippen molar-refractivity contribution in [3.8, 4) is 5.75 Å². The van der Waals surface area contributed by atoms with E-state index in [0.717, 1.165) is 12.1 Å². The van der Waals surface area contributed by atoms with E-state index in [2.05, 4.69) is 0 Å². The van der Waals surface area contributed by atoms with Gasteiger partial charge in [-0.15, -0.1) is 0 Å². The Hall–Kier alpha value is -2.11. The third-order valence-corrected chi connectivity index (χ3v) is 1.47. The first-order valence-corrected chi connectivity index (χ1v) is 3.34. The van der Waals surface area contributed by atoms with E-state index in [1.54, 1.807) is 0 Å². The maximum atomic E-state index is 10.4. The summed E-state index contributed by atoms with van der Waals surface area (Å²) >= 11 is 0. The molecule has 1 rings (SSSR count). The number of nitrogens with one attached hydrogen (secondary N) is 1. The number of nitrogens with two attached hydrogens (primary N) is 1. The number of hydrogen-bond donors (Lipinski definition) is 3. The second-order valence-electron chi connectivity index (χ2n) is 2.37. The minimum Gasteiger partial charge on any atom is -0.508 e. The fourth-order valence-electron chi connectivity index (χ4n) is 0.899. The van der Waals surface area contributed by atoms with Crippen molar-refractivity contribution in [1.29, 1.82) is 5.41 Å². The van der Waals surface area contributed by atoms with Crippen molar-refractivity contribution < 1.29 is 10.0 Å². The second kappa shape index (κ2) is 3.10. The molecule has 0 spiro atoms. The van der Waals surface area contributed by atoms with E-state index in [4.69, 9.17) is 16.2 Å². The number of nitro benzene ring substituents is 1. The molecule has 1 aromatic carbocycles. The first kappa shape index (κ1) is 8.98. The molecule has 68 valence electrons. The van der Waals surface area contributed by atoms with Crippen LogP contribution in [0.2, 0.25) is 0 Å². The third-order valence-electron chi connectivity index (χ3n) is 1.47. The Morgan fingerprint density at radius 1 is 1.62 bits per heavy atom. The standard InChI is InChI=1S/C7H7N3O3/c8-7(9)5-3-4(11)1-2-6(5)10(12)13/h1-3,11H,(H3,8,9). The first-order chi connectivity index (χ1) is 6.02. The van der Waals surface area contributed by atoms with Crippen molar-refractivity contribution in [2.75, 3.05) is 0 Å². The molecule has 0 amide bonds. The molecule has 0 saturated heterocycles. The number of amidine groups is 1. The zero-order chi connectivity index (χ0) is 10.0. The van der Waals surface area contributed by atoms with E-state index < -0.39 is 10.8 Å². The van der Waals surface area contributed by atoms with Gasteiger partial charge in [0, 0.05) is 6.07 Å². The van der Waals surface area contributed by atoms with Gasteiger partial charge in [-0.25, -0.2) is 0 Å². The van der Waals surface area contributed by atoms with E-state index in [9.17, 15) is 10.1 Å². The Bertz CT molecular complexity index is 375. The van der Waals surface area contributed by atoms with E-state index in [-0.39, 0.29) is 17.0 Å². The maximum Gasteiger partial charge on any atom is 0.280 e. The van der Waals surface area contributed by atoms with Crippen LogP contribution in [0.4, 0.5) is 5.69 Å². The minimum atomic E-state index is -0.657. The van der Waals surface area contributed by atoms with E-state index in [1.807, 2.05) is 0 Å². The highest BCUT2D eigenvalue weighted by Gasteiger charge is 2.15. The Morgan fingerprint density at radius 2 is 2.23 bits per heavy atom. The van der Waals surface area contributed by atoms with Crippen molar-refractivity contribution >= 4 is 11.5 Å². The van der Waals surface area contributed by atoms with Gasteiger partial charge in [-0.1, -0.05) is 0 Å². The van der Waals surface area contributed by atoms with Gasteiger partial charge in [0.2, 0.25) is 0 Å². The van der Waals surface area contributed by atoms with Crippen molar-refractivity contribution in [2.24, 2.45) is 5.73 Å². The zero-order valence-corrected chi connectivity index (χ0v) is 6.52. The predicted molar refractivity (Wildman–Crippen MR) is 45.8 cm³/mol. The lowest BCUT2D eigenvalue weighted by Gasteiger charge is -2.00. The molecule has 1 aromatic rings. The minimum absolute atomic E-state index is 0.0787. The van der Waals surface area contributed by atoms with Gasteiger partial charge in [0.05, 0.1) is 10.5 Å². The summed E-state index contributed by atoms with van der Waals surface area (Å²) in [6, 6.07) is 3.36. The summed E-state index contributed by atoms with van der Waals surface area (Å²) in [7, 11) is 0. The van der Waals surface area contributed by atoms with Gasteiger partial charge >= 0.3 is 0 Å². The molecule has 0 bridgehead atoms. The van der Waals surface area contributed by atoms with Crippen LogP contribution in [-0.4, -0.2) is 15.9 Å². The van der Waals surface area contributed by atoms with Gasteiger partial charge in [0.1, 0.15) is 11.6 Å². The lowest BCUT2D eigenvalue weighted by atomic mass is 10.1. The van der Waals surface area contributed by atoms with Gasteiger partial charge in [-0.2, -0.15) is 0 Å². The van der Waals surface area contributed by atoms with Crippen LogP contribution < -0.4 is 5.73 Å². The molecule has 0 aromatic heterocycles. The average molecular weight is 181 g/mol. The summed E-state index contributed by atoms with van der Waals surface area (Å²) in [5.74, 6) is -0.599. The molecule has 6 heteroatoms. The highest BCUT2D eigenvalue weighted by atomic mass is 16.6. The highest BCUT2D eigenvalue weighted by Crippen LogP contribution is 2.22. The third kappa shape index (κ3) is 1.73. The Balaban J connectivity index is 3.35. The summed E-state index contributed by atoms with van der Waals surface area (Å²) in [5.41, 5.74) is 4.72. The largest absolute Gasteiger partial charge is 0.508 e. The molecule has 0 radical (unpaired) electrons. The smallest absolute Gasteiger partial charge is 0.280 e. The summed E-state index contributed by atoms with van der Waals surface area (Å²) < 4.78 is 0. The van der Waals surface area contributed by atoms with Gasteiger partial charge < -0.3 is 10.8 Å². The number of phenols is 1. The highest BCUT2D eigenvalue weighted by molar-refractivity contribution is 5.99. The van der Waals surface area contributed by atoms with Crippen LogP contribution in [0.1, 0.15) is 5.56 Å². The van der Waals surface area contributed by atoms with Crippen LogP contribution in [0.15, 0.2) is 18.2 Å². The lowest BCUT2D eigenvalue weighted by molar-refractivity contribution is -0.385. The summed E-state index contributed by atoms with van der Waals surface area (Å²) in [6.45, 7) is 0. The van der Waals surface area contributed by atoms with Crippen molar-refractivity contribution in [2.45, 2.75) is 0 Å². The summed E-state index contributed by atoms with van der Waals surface area (Å²) in [5, 5.41) is 26.4. The molecule has 0 atom stereocenters. The van der Waals surface area contributed by atoms with E-state index >= 15 is 0 Å².